The minimum atomic E-state index is -1.28. The fraction of sp³-hybridized carbons (Fsp3) is 0.130. The Labute approximate surface area is 185 Å². The van der Waals surface area contributed by atoms with Crippen LogP contribution in [-0.4, -0.2) is 34.8 Å². The molecule has 2 aromatic rings. The van der Waals surface area contributed by atoms with E-state index in [-0.39, 0.29) is 6.42 Å². The average Bonchev–Trinajstić information content (AvgIpc) is 2.81. The van der Waals surface area contributed by atoms with Crippen LogP contribution >= 0.6 is 0 Å². The lowest BCUT2D eigenvalue weighted by Gasteiger charge is -2.25. The number of anilines is 1. The SMILES string of the molecule is C=CC(=O)Nc1ccc([C@H](N)C(=O)OC(=O)[C@H](Cc2ccccc2)N(N)C(=O)C=C)cc1. The molecule has 0 aliphatic heterocycles. The van der Waals surface area contributed by atoms with Crippen molar-refractivity contribution in [3.8, 4) is 0 Å². The van der Waals surface area contributed by atoms with E-state index >= 15 is 0 Å². The van der Waals surface area contributed by atoms with E-state index < -0.39 is 35.8 Å². The van der Waals surface area contributed by atoms with Crippen LogP contribution in [0.1, 0.15) is 17.2 Å². The number of hydrogen-bond acceptors (Lipinski definition) is 7. The largest absolute Gasteiger partial charge is 0.390 e. The number of carbonyl (C=O) groups excluding carboxylic acids is 4. The molecule has 5 N–H and O–H groups in total. The smallest absolute Gasteiger partial charge is 0.338 e. The molecule has 2 atom stereocenters. The van der Waals surface area contributed by atoms with Gasteiger partial charge in [-0.3, -0.25) is 14.6 Å². The lowest BCUT2D eigenvalue weighted by Crippen LogP contribution is -2.51. The number of esters is 2. The van der Waals surface area contributed by atoms with Crippen LogP contribution in [-0.2, 0) is 30.3 Å². The van der Waals surface area contributed by atoms with Gasteiger partial charge in [0.15, 0.2) is 6.04 Å². The first-order chi connectivity index (χ1) is 15.3. The van der Waals surface area contributed by atoms with E-state index in [2.05, 4.69) is 18.5 Å². The van der Waals surface area contributed by atoms with Crippen LogP contribution in [0.2, 0.25) is 0 Å². The molecule has 2 amide bonds. The number of ether oxygens (including phenoxy) is 1. The third kappa shape index (κ3) is 6.46. The Kier molecular flexibility index (Phi) is 8.58. The predicted molar refractivity (Wildman–Crippen MR) is 118 cm³/mol. The number of nitrogens with zero attached hydrogens (tertiary/aromatic N) is 1. The summed E-state index contributed by atoms with van der Waals surface area (Å²) < 4.78 is 4.93. The Hall–Kier alpha value is -4.08. The first-order valence-electron chi connectivity index (χ1n) is 9.55. The van der Waals surface area contributed by atoms with Gasteiger partial charge in [0.05, 0.1) is 0 Å². The Morgan fingerprint density at radius 2 is 1.59 bits per heavy atom. The van der Waals surface area contributed by atoms with Crippen LogP contribution in [0.4, 0.5) is 5.69 Å². The van der Waals surface area contributed by atoms with Crippen molar-refractivity contribution in [1.82, 2.24) is 5.01 Å². The first-order valence-corrected chi connectivity index (χ1v) is 9.55. The zero-order chi connectivity index (χ0) is 23.7. The van der Waals surface area contributed by atoms with Gasteiger partial charge in [0, 0.05) is 12.1 Å². The average molecular weight is 436 g/mol. The summed E-state index contributed by atoms with van der Waals surface area (Å²) in [6.07, 6.45) is 2.09. The summed E-state index contributed by atoms with van der Waals surface area (Å²) >= 11 is 0. The highest BCUT2D eigenvalue weighted by Crippen LogP contribution is 2.17. The normalized spacial score (nSPS) is 12.1. The molecule has 2 rings (SSSR count). The van der Waals surface area contributed by atoms with Gasteiger partial charge in [-0.25, -0.2) is 15.4 Å². The van der Waals surface area contributed by atoms with Crippen molar-refractivity contribution in [2.75, 3.05) is 5.32 Å². The summed E-state index contributed by atoms with van der Waals surface area (Å²) in [5.41, 5.74) is 7.45. The second-order valence-electron chi connectivity index (χ2n) is 6.69. The van der Waals surface area contributed by atoms with Crippen molar-refractivity contribution in [3.63, 3.8) is 0 Å². The standard InChI is InChI=1S/C23H24N4O5/c1-3-19(28)26-17-12-10-16(11-13-17)21(24)23(31)32-22(30)18(27(25)20(29)4-2)14-15-8-6-5-7-9-15/h3-13,18,21H,1-2,14,24-25H2,(H,26,28)/t18-,21-/m0/s1. The lowest BCUT2D eigenvalue weighted by molar-refractivity contribution is -0.166. The molecule has 0 aliphatic rings. The number of amides is 2. The summed E-state index contributed by atoms with van der Waals surface area (Å²) in [6.45, 7) is 6.71. The zero-order valence-corrected chi connectivity index (χ0v) is 17.3. The Balaban J connectivity index is 2.12. The molecule has 0 aliphatic carbocycles. The van der Waals surface area contributed by atoms with Crippen molar-refractivity contribution < 1.29 is 23.9 Å². The van der Waals surface area contributed by atoms with Crippen molar-refractivity contribution in [3.05, 3.63) is 91.0 Å². The number of carbonyl (C=O) groups is 4. The molecular weight excluding hydrogens is 412 g/mol. The predicted octanol–water partition coefficient (Wildman–Crippen LogP) is 1.38. The Morgan fingerprint density at radius 3 is 2.16 bits per heavy atom. The maximum atomic E-state index is 12.7. The van der Waals surface area contributed by atoms with Gasteiger partial charge in [-0.05, 0) is 35.4 Å². The second kappa shape index (κ2) is 11.3. The maximum absolute atomic E-state index is 12.7. The molecule has 0 fully saturated rings. The molecule has 9 nitrogen and oxygen atoms in total. The number of nitrogens with two attached hydrogens (primary N) is 2. The molecule has 0 unspecified atom stereocenters. The van der Waals surface area contributed by atoms with Crippen LogP contribution in [0.15, 0.2) is 79.9 Å². The highest BCUT2D eigenvalue weighted by Gasteiger charge is 2.32. The van der Waals surface area contributed by atoms with E-state index in [0.717, 1.165) is 12.2 Å². The van der Waals surface area contributed by atoms with Crippen molar-refractivity contribution in [1.29, 1.82) is 0 Å². The number of nitrogens with one attached hydrogen (secondary N) is 1. The molecule has 0 heterocycles. The van der Waals surface area contributed by atoms with E-state index in [0.29, 0.717) is 21.8 Å². The minimum Gasteiger partial charge on any atom is -0.390 e. The van der Waals surface area contributed by atoms with Crippen LogP contribution < -0.4 is 16.9 Å². The van der Waals surface area contributed by atoms with E-state index in [4.69, 9.17) is 16.3 Å². The summed E-state index contributed by atoms with van der Waals surface area (Å²) in [6, 6.07) is 12.3. The van der Waals surface area contributed by atoms with Crippen molar-refractivity contribution >= 4 is 29.4 Å². The van der Waals surface area contributed by atoms with Crippen LogP contribution in [0, 0.1) is 0 Å². The molecule has 166 valence electrons. The summed E-state index contributed by atoms with van der Waals surface area (Å²) in [5, 5.41) is 3.22. The number of hydrazine groups is 1. The lowest BCUT2D eigenvalue weighted by atomic mass is 10.1. The van der Waals surface area contributed by atoms with Crippen LogP contribution in [0.5, 0.6) is 0 Å². The summed E-state index contributed by atoms with van der Waals surface area (Å²) in [4.78, 5) is 48.5. The Morgan fingerprint density at radius 1 is 0.969 bits per heavy atom. The number of hydrogen-bond donors (Lipinski definition) is 3. The van der Waals surface area contributed by atoms with Crippen LogP contribution in [0.25, 0.3) is 0 Å². The highest BCUT2D eigenvalue weighted by molar-refractivity contribution is 5.99. The minimum absolute atomic E-state index is 0.0238. The van der Waals surface area contributed by atoms with Gasteiger partial charge in [0.25, 0.3) is 5.91 Å². The maximum Gasteiger partial charge on any atom is 0.338 e. The van der Waals surface area contributed by atoms with Gasteiger partial charge in [-0.2, -0.15) is 0 Å². The van der Waals surface area contributed by atoms with Crippen LogP contribution in [0.3, 0.4) is 0 Å². The molecular formula is C23H24N4O5. The third-order valence-corrected chi connectivity index (χ3v) is 4.49. The molecule has 0 saturated carbocycles. The van der Waals surface area contributed by atoms with Gasteiger partial charge < -0.3 is 15.8 Å². The quantitative estimate of drug-likeness (QED) is 0.134. The number of rotatable bonds is 9. The number of benzene rings is 2. The molecule has 2 aromatic carbocycles. The van der Waals surface area contributed by atoms with Gasteiger partial charge >= 0.3 is 11.9 Å². The first kappa shape index (κ1) is 24.2. The van der Waals surface area contributed by atoms with E-state index in [1.165, 1.54) is 24.3 Å². The second-order valence-corrected chi connectivity index (χ2v) is 6.69. The molecule has 9 heteroatoms. The molecule has 0 saturated heterocycles. The van der Waals surface area contributed by atoms with E-state index in [9.17, 15) is 19.2 Å². The Bertz CT molecular complexity index is 1000. The molecule has 0 bridgehead atoms. The van der Waals surface area contributed by atoms with Gasteiger partial charge in [0.1, 0.15) is 6.04 Å². The molecule has 0 radical (unpaired) electrons. The van der Waals surface area contributed by atoms with Gasteiger partial charge in [-0.15, -0.1) is 0 Å². The third-order valence-electron chi connectivity index (χ3n) is 4.49. The molecule has 0 aromatic heterocycles. The van der Waals surface area contributed by atoms with Crippen molar-refractivity contribution in [2.24, 2.45) is 11.6 Å². The van der Waals surface area contributed by atoms with E-state index in [1.807, 2.05) is 0 Å². The van der Waals surface area contributed by atoms with Crippen molar-refractivity contribution in [2.45, 2.75) is 18.5 Å². The topological polar surface area (TPSA) is 145 Å². The van der Waals surface area contributed by atoms with E-state index in [1.54, 1.807) is 30.3 Å². The highest BCUT2D eigenvalue weighted by atomic mass is 16.6. The van der Waals surface area contributed by atoms with Gasteiger partial charge in [0.2, 0.25) is 5.91 Å². The molecule has 0 spiro atoms. The van der Waals surface area contributed by atoms with Gasteiger partial charge in [-0.1, -0.05) is 55.6 Å². The molecule has 32 heavy (non-hydrogen) atoms. The fourth-order valence-corrected chi connectivity index (χ4v) is 2.73. The summed E-state index contributed by atoms with van der Waals surface area (Å²) in [7, 11) is 0. The summed E-state index contributed by atoms with van der Waals surface area (Å²) in [5.74, 6) is 2.63. The zero-order valence-electron chi connectivity index (χ0n) is 17.3. The fourth-order valence-electron chi connectivity index (χ4n) is 2.73. The monoisotopic (exact) mass is 436 g/mol.